The van der Waals surface area contributed by atoms with Gasteiger partial charge in [0.05, 0.1) is 20.7 Å². The molecule has 1 aromatic rings. The second-order valence-electron chi connectivity index (χ2n) is 4.87. The molecule has 0 aliphatic heterocycles. The maximum atomic E-state index is 12.4. The molecule has 1 unspecified atom stereocenters. The molecule has 2 nitrogen and oxygen atoms in total. The van der Waals surface area contributed by atoms with E-state index < -0.39 is 10.8 Å². The summed E-state index contributed by atoms with van der Waals surface area (Å²) in [6, 6.07) is 5.25. The first-order valence-electron chi connectivity index (χ1n) is 6.03. The van der Waals surface area contributed by atoms with Crippen molar-refractivity contribution >= 4 is 28.1 Å². The molecule has 2 rings (SSSR count). The number of nitrogens with two attached hydrogens (primary N) is 1. The Balaban J connectivity index is 2.14. The Morgan fingerprint density at radius 1 is 1.29 bits per heavy atom. The molecular formula is C13H18ClNOS. The van der Waals surface area contributed by atoms with Crippen LogP contribution in [0.4, 0.5) is 5.69 Å². The zero-order chi connectivity index (χ0) is 12.4. The van der Waals surface area contributed by atoms with Crippen LogP contribution >= 0.6 is 11.6 Å². The number of rotatable bonds is 2. The average molecular weight is 272 g/mol. The SMILES string of the molecule is CC1CCC(S(=O)c2ccc(N)cc2Cl)CC1. The van der Waals surface area contributed by atoms with Gasteiger partial charge in [0.1, 0.15) is 0 Å². The molecular weight excluding hydrogens is 254 g/mol. The van der Waals surface area contributed by atoms with E-state index in [0.29, 0.717) is 10.7 Å². The van der Waals surface area contributed by atoms with Gasteiger partial charge in [0.15, 0.2) is 0 Å². The van der Waals surface area contributed by atoms with Crippen molar-refractivity contribution in [2.24, 2.45) is 5.92 Å². The van der Waals surface area contributed by atoms with Crippen LogP contribution < -0.4 is 5.73 Å². The summed E-state index contributed by atoms with van der Waals surface area (Å²) in [6.07, 6.45) is 4.41. The zero-order valence-electron chi connectivity index (χ0n) is 9.99. The Hall–Kier alpha value is -0.540. The molecule has 0 spiro atoms. The van der Waals surface area contributed by atoms with Gasteiger partial charge in [0.25, 0.3) is 0 Å². The van der Waals surface area contributed by atoms with Crippen LogP contribution in [0.15, 0.2) is 23.1 Å². The van der Waals surface area contributed by atoms with Crippen LogP contribution in [-0.4, -0.2) is 9.46 Å². The molecule has 1 aromatic carbocycles. The third-order valence-corrected chi connectivity index (χ3v) is 5.73. The van der Waals surface area contributed by atoms with Crippen LogP contribution in [0.2, 0.25) is 5.02 Å². The van der Waals surface area contributed by atoms with Crippen molar-refractivity contribution in [3.05, 3.63) is 23.2 Å². The van der Waals surface area contributed by atoms with Crippen LogP contribution in [0, 0.1) is 5.92 Å². The van der Waals surface area contributed by atoms with Gasteiger partial charge in [-0.15, -0.1) is 0 Å². The average Bonchev–Trinajstić information content (AvgIpc) is 2.29. The predicted octanol–water partition coefficient (Wildman–Crippen LogP) is 3.61. The second-order valence-corrected chi connectivity index (χ2v) is 6.98. The highest BCUT2D eigenvalue weighted by Gasteiger charge is 2.25. The third kappa shape index (κ3) is 3.02. The zero-order valence-corrected chi connectivity index (χ0v) is 11.6. The van der Waals surface area contributed by atoms with Crippen LogP contribution in [0.25, 0.3) is 0 Å². The van der Waals surface area contributed by atoms with E-state index in [9.17, 15) is 4.21 Å². The highest BCUT2D eigenvalue weighted by molar-refractivity contribution is 7.85. The molecule has 1 atom stereocenters. The Bertz CT molecular complexity index is 427. The van der Waals surface area contributed by atoms with Crippen LogP contribution in [0.3, 0.4) is 0 Å². The summed E-state index contributed by atoms with van der Waals surface area (Å²) >= 11 is 6.10. The lowest BCUT2D eigenvalue weighted by atomic mass is 9.91. The van der Waals surface area contributed by atoms with Gasteiger partial charge in [-0.1, -0.05) is 18.5 Å². The first-order chi connectivity index (χ1) is 8.08. The molecule has 1 fully saturated rings. The van der Waals surface area contributed by atoms with Crippen molar-refractivity contribution in [1.29, 1.82) is 0 Å². The number of nitrogen functional groups attached to an aromatic ring is 1. The molecule has 1 saturated carbocycles. The maximum Gasteiger partial charge on any atom is 0.0588 e. The maximum absolute atomic E-state index is 12.4. The lowest BCUT2D eigenvalue weighted by Gasteiger charge is -2.25. The number of anilines is 1. The molecule has 1 aliphatic rings. The fourth-order valence-corrected chi connectivity index (χ4v) is 4.23. The molecule has 4 heteroatoms. The minimum atomic E-state index is -0.992. The molecule has 0 bridgehead atoms. The molecule has 17 heavy (non-hydrogen) atoms. The lowest BCUT2D eigenvalue weighted by Crippen LogP contribution is -2.22. The van der Waals surface area contributed by atoms with Crippen LogP contribution in [-0.2, 0) is 10.8 Å². The van der Waals surface area contributed by atoms with Crippen molar-refractivity contribution < 1.29 is 4.21 Å². The van der Waals surface area contributed by atoms with Gasteiger partial charge in [-0.05, 0) is 49.8 Å². The van der Waals surface area contributed by atoms with Gasteiger partial charge in [-0.3, -0.25) is 4.21 Å². The van der Waals surface area contributed by atoms with Gasteiger partial charge >= 0.3 is 0 Å². The van der Waals surface area contributed by atoms with Gasteiger partial charge < -0.3 is 5.73 Å². The van der Waals surface area contributed by atoms with Gasteiger partial charge in [0, 0.05) is 10.9 Å². The predicted molar refractivity (Wildman–Crippen MR) is 73.7 cm³/mol. The summed E-state index contributed by atoms with van der Waals surface area (Å²) in [4.78, 5) is 0.736. The van der Waals surface area contributed by atoms with Crippen molar-refractivity contribution in [3.63, 3.8) is 0 Å². The first-order valence-corrected chi connectivity index (χ1v) is 7.62. The molecule has 0 radical (unpaired) electrons. The molecule has 0 amide bonds. The van der Waals surface area contributed by atoms with Crippen LogP contribution in [0.1, 0.15) is 32.6 Å². The highest BCUT2D eigenvalue weighted by Crippen LogP contribution is 2.32. The molecule has 0 heterocycles. The minimum Gasteiger partial charge on any atom is -0.399 e. The Kier molecular flexibility index (Phi) is 4.10. The monoisotopic (exact) mass is 271 g/mol. The normalized spacial score (nSPS) is 26.7. The van der Waals surface area contributed by atoms with Gasteiger partial charge in [-0.2, -0.15) is 0 Å². The largest absolute Gasteiger partial charge is 0.399 e. The molecule has 1 aliphatic carbocycles. The Morgan fingerprint density at radius 2 is 1.94 bits per heavy atom. The van der Waals surface area contributed by atoms with E-state index in [1.807, 2.05) is 0 Å². The summed E-state index contributed by atoms with van der Waals surface area (Å²) in [5.74, 6) is 0.769. The van der Waals surface area contributed by atoms with Gasteiger partial charge in [-0.25, -0.2) is 0 Å². The number of hydrogen-bond acceptors (Lipinski definition) is 2. The van der Waals surface area contributed by atoms with E-state index >= 15 is 0 Å². The van der Waals surface area contributed by atoms with Crippen molar-refractivity contribution in [3.8, 4) is 0 Å². The number of hydrogen-bond donors (Lipinski definition) is 1. The van der Waals surface area contributed by atoms with E-state index in [-0.39, 0.29) is 5.25 Å². The van der Waals surface area contributed by atoms with E-state index in [2.05, 4.69) is 6.92 Å². The highest BCUT2D eigenvalue weighted by atomic mass is 35.5. The summed E-state index contributed by atoms with van der Waals surface area (Å²) in [7, 11) is -0.992. The third-order valence-electron chi connectivity index (χ3n) is 3.44. The Morgan fingerprint density at radius 3 is 2.53 bits per heavy atom. The van der Waals surface area contributed by atoms with E-state index in [0.717, 1.165) is 23.7 Å². The minimum absolute atomic E-state index is 0.257. The molecule has 0 aromatic heterocycles. The molecule has 2 N–H and O–H groups in total. The second kappa shape index (κ2) is 5.40. The molecule has 94 valence electrons. The van der Waals surface area contributed by atoms with Crippen molar-refractivity contribution in [2.45, 2.75) is 42.8 Å². The van der Waals surface area contributed by atoms with Gasteiger partial charge in [0.2, 0.25) is 0 Å². The summed E-state index contributed by atoms with van der Waals surface area (Å²) in [5, 5.41) is 0.786. The first kappa shape index (κ1) is 12.9. The fourth-order valence-electron chi connectivity index (χ4n) is 2.30. The quantitative estimate of drug-likeness (QED) is 0.835. The van der Waals surface area contributed by atoms with E-state index in [1.165, 1.54) is 12.8 Å². The smallest absolute Gasteiger partial charge is 0.0588 e. The van der Waals surface area contributed by atoms with Crippen molar-refractivity contribution in [2.75, 3.05) is 5.73 Å². The summed E-state index contributed by atoms with van der Waals surface area (Å²) in [6.45, 7) is 2.26. The number of halogens is 1. The van der Waals surface area contributed by atoms with Crippen LogP contribution in [0.5, 0.6) is 0 Å². The number of benzene rings is 1. The van der Waals surface area contributed by atoms with Crippen molar-refractivity contribution in [1.82, 2.24) is 0 Å². The summed E-state index contributed by atoms with van der Waals surface area (Å²) in [5.41, 5.74) is 6.26. The topological polar surface area (TPSA) is 43.1 Å². The molecule has 0 saturated heterocycles. The lowest BCUT2D eigenvalue weighted by molar-refractivity contribution is 0.389. The summed E-state index contributed by atoms with van der Waals surface area (Å²) < 4.78 is 12.4. The van der Waals surface area contributed by atoms with E-state index in [1.54, 1.807) is 18.2 Å². The Labute approximate surface area is 110 Å². The fraction of sp³-hybridized carbons (Fsp3) is 0.538. The van der Waals surface area contributed by atoms with E-state index in [4.69, 9.17) is 17.3 Å². The standard InChI is InChI=1S/C13H18ClNOS/c1-9-2-5-11(6-3-9)17(16)13-7-4-10(15)8-12(13)14/h4,7-9,11H,2-3,5-6,15H2,1H3.